The van der Waals surface area contributed by atoms with Gasteiger partial charge >= 0.3 is 0 Å². The van der Waals surface area contributed by atoms with Gasteiger partial charge in [-0.3, -0.25) is 5.84 Å². The summed E-state index contributed by atoms with van der Waals surface area (Å²) < 4.78 is 2.07. The van der Waals surface area contributed by atoms with Crippen LogP contribution >= 0.6 is 31.9 Å². The highest BCUT2D eigenvalue weighted by atomic mass is 79.9. The van der Waals surface area contributed by atoms with E-state index in [9.17, 15) is 0 Å². The number of rotatable bonds is 4. The van der Waals surface area contributed by atoms with Gasteiger partial charge in [0.05, 0.1) is 6.04 Å². The molecule has 0 spiro atoms. The quantitative estimate of drug-likeness (QED) is 0.569. The predicted molar refractivity (Wildman–Crippen MR) is 91.5 cm³/mol. The first kappa shape index (κ1) is 15.7. The first-order valence-corrected chi connectivity index (χ1v) is 8.12. The average Bonchev–Trinajstić information content (AvgIpc) is 2.42. The molecule has 0 saturated carbocycles. The zero-order valence-corrected chi connectivity index (χ0v) is 14.7. The molecule has 0 saturated heterocycles. The molecule has 20 heavy (non-hydrogen) atoms. The van der Waals surface area contributed by atoms with E-state index >= 15 is 0 Å². The second kappa shape index (κ2) is 6.85. The van der Waals surface area contributed by atoms with Crippen molar-refractivity contribution >= 4 is 31.9 Å². The van der Waals surface area contributed by atoms with Gasteiger partial charge in [-0.15, -0.1) is 0 Å². The Balaban J connectivity index is 2.36. The second-order valence-electron chi connectivity index (χ2n) is 5.09. The fourth-order valence-electron chi connectivity index (χ4n) is 2.17. The SMILES string of the molecule is CC(C)c1ccc(C(NN)c2ccc(Br)cc2Br)cc1. The van der Waals surface area contributed by atoms with Crippen molar-refractivity contribution in [1.82, 2.24) is 5.43 Å². The fourth-order valence-corrected chi connectivity index (χ4v) is 3.45. The molecular formula is C16H18Br2N2. The molecule has 0 aliphatic heterocycles. The van der Waals surface area contributed by atoms with Gasteiger partial charge in [0.15, 0.2) is 0 Å². The van der Waals surface area contributed by atoms with Crippen molar-refractivity contribution in [2.24, 2.45) is 5.84 Å². The molecule has 0 aromatic heterocycles. The molecule has 2 rings (SSSR count). The smallest absolute Gasteiger partial charge is 0.0721 e. The van der Waals surface area contributed by atoms with Gasteiger partial charge in [0.2, 0.25) is 0 Å². The average molecular weight is 398 g/mol. The van der Waals surface area contributed by atoms with E-state index in [1.54, 1.807) is 0 Å². The van der Waals surface area contributed by atoms with Gasteiger partial charge in [-0.1, -0.05) is 76.0 Å². The maximum absolute atomic E-state index is 5.76. The van der Waals surface area contributed by atoms with Crippen molar-refractivity contribution in [3.63, 3.8) is 0 Å². The van der Waals surface area contributed by atoms with Crippen LogP contribution in [0.4, 0.5) is 0 Å². The van der Waals surface area contributed by atoms with Crippen LogP contribution in [0.15, 0.2) is 51.4 Å². The summed E-state index contributed by atoms with van der Waals surface area (Å²) in [7, 11) is 0. The molecule has 106 valence electrons. The third kappa shape index (κ3) is 3.50. The van der Waals surface area contributed by atoms with E-state index in [0.29, 0.717) is 5.92 Å². The van der Waals surface area contributed by atoms with Gasteiger partial charge in [0.25, 0.3) is 0 Å². The Labute approximate surface area is 137 Å². The summed E-state index contributed by atoms with van der Waals surface area (Å²) in [4.78, 5) is 0. The summed E-state index contributed by atoms with van der Waals surface area (Å²) in [6.07, 6.45) is 0. The van der Waals surface area contributed by atoms with Crippen LogP contribution in [0.1, 0.15) is 42.5 Å². The molecule has 4 heteroatoms. The predicted octanol–water partition coefficient (Wildman–Crippen LogP) is 4.89. The van der Waals surface area contributed by atoms with Crippen LogP contribution in [-0.4, -0.2) is 0 Å². The van der Waals surface area contributed by atoms with E-state index in [1.807, 2.05) is 12.1 Å². The minimum atomic E-state index is -0.0290. The molecule has 0 heterocycles. The number of hydrogen-bond acceptors (Lipinski definition) is 2. The summed E-state index contributed by atoms with van der Waals surface area (Å²) in [6.45, 7) is 4.39. The lowest BCUT2D eigenvalue weighted by Crippen LogP contribution is -2.29. The van der Waals surface area contributed by atoms with Crippen LogP contribution in [0, 0.1) is 0 Å². The molecule has 1 unspecified atom stereocenters. The lowest BCUT2D eigenvalue weighted by molar-refractivity contribution is 0.634. The van der Waals surface area contributed by atoms with E-state index < -0.39 is 0 Å². The zero-order chi connectivity index (χ0) is 14.7. The van der Waals surface area contributed by atoms with Crippen molar-refractivity contribution in [2.75, 3.05) is 0 Å². The summed E-state index contributed by atoms with van der Waals surface area (Å²) >= 11 is 7.07. The number of hydrogen-bond donors (Lipinski definition) is 2. The highest BCUT2D eigenvalue weighted by molar-refractivity contribution is 9.11. The first-order valence-electron chi connectivity index (χ1n) is 6.54. The van der Waals surface area contributed by atoms with Crippen LogP contribution in [0.2, 0.25) is 0 Å². The van der Waals surface area contributed by atoms with Gasteiger partial charge in [-0.25, -0.2) is 5.43 Å². The van der Waals surface area contributed by atoms with Crippen molar-refractivity contribution in [3.05, 3.63) is 68.1 Å². The molecule has 0 aliphatic rings. The zero-order valence-electron chi connectivity index (χ0n) is 11.5. The Morgan fingerprint density at radius 3 is 2.05 bits per heavy atom. The minimum absolute atomic E-state index is 0.0290. The molecule has 0 bridgehead atoms. The Kier molecular flexibility index (Phi) is 5.38. The Hall–Kier alpha value is -0.680. The molecule has 2 nitrogen and oxygen atoms in total. The minimum Gasteiger partial charge on any atom is -0.271 e. The first-order chi connectivity index (χ1) is 9.52. The van der Waals surface area contributed by atoms with Crippen LogP contribution in [0.5, 0.6) is 0 Å². The Morgan fingerprint density at radius 2 is 1.55 bits per heavy atom. The van der Waals surface area contributed by atoms with Gasteiger partial charge < -0.3 is 0 Å². The number of nitrogens with two attached hydrogens (primary N) is 1. The molecular weight excluding hydrogens is 380 g/mol. The third-order valence-corrected chi connectivity index (χ3v) is 4.56. The van der Waals surface area contributed by atoms with Crippen LogP contribution in [0.3, 0.4) is 0 Å². The topological polar surface area (TPSA) is 38.0 Å². The van der Waals surface area contributed by atoms with Crippen LogP contribution in [-0.2, 0) is 0 Å². The van der Waals surface area contributed by atoms with Crippen molar-refractivity contribution in [1.29, 1.82) is 0 Å². The standard InChI is InChI=1S/C16H18Br2N2/c1-10(2)11-3-5-12(6-4-11)16(20-19)14-8-7-13(17)9-15(14)18/h3-10,16,20H,19H2,1-2H3. The number of halogens is 2. The number of hydrazine groups is 1. The van der Waals surface area contributed by atoms with Gasteiger partial charge in [-0.05, 0) is 34.7 Å². The Morgan fingerprint density at radius 1 is 0.950 bits per heavy atom. The van der Waals surface area contributed by atoms with Crippen molar-refractivity contribution < 1.29 is 0 Å². The van der Waals surface area contributed by atoms with Crippen LogP contribution < -0.4 is 11.3 Å². The molecule has 0 amide bonds. The highest BCUT2D eigenvalue weighted by Crippen LogP contribution is 2.31. The van der Waals surface area contributed by atoms with Crippen LogP contribution in [0.25, 0.3) is 0 Å². The fraction of sp³-hybridized carbons (Fsp3) is 0.250. The molecule has 2 aromatic carbocycles. The lowest BCUT2D eigenvalue weighted by Gasteiger charge is -2.19. The maximum atomic E-state index is 5.76. The summed E-state index contributed by atoms with van der Waals surface area (Å²) in [5, 5.41) is 0. The molecule has 0 radical (unpaired) electrons. The molecule has 1 atom stereocenters. The monoisotopic (exact) mass is 396 g/mol. The van der Waals surface area contributed by atoms with Gasteiger partial charge in [-0.2, -0.15) is 0 Å². The highest BCUT2D eigenvalue weighted by Gasteiger charge is 2.15. The van der Waals surface area contributed by atoms with E-state index in [4.69, 9.17) is 5.84 Å². The van der Waals surface area contributed by atoms with Gasteiger partial charge in [0.1, 0.15) is 0 Å². The number of nitrogens with one attached hydrogen (secondary N) is 1. The largest absolute Gasteiger partial charge is 0.271 e. The van der Waals surface area contributed by atoms with Gasteiger partial charge in [0, 0.05) is 8.95 Å². The third-order valence-electron chi connectivity index (χ3n) is 3.38. The van der Waals surface area contributed by atoms with E-state index in [-0.39, 0.29) is 6.04 Å². The second-order valence-corrected chi connectivity index (χ2v) is 6.86. The molecule has 3 N–H and O–H groups in total. The lowest BCUT2D eigenvalue weighted by atomic mass is 9.96. The summed E-state index contributed by atoms with van der Waals surface area (Å²) in [6, 6.07) is 14.7. The molecule has 2 aromatic rings. The summed E-state index contributed by atoms with van der Waals surface area (Å²) in [5.41, 5.74) is 6.50. The molecule has 0 aliphatic carbocycles. The van der Waals surface area contributed by atoms with E-state index in [1.165, 1.54) is 5.56 Å². The molecule has 0 fully saturated rings. The van der Waals surface area contributed by atoms with Crippen molar-refractivity contribution in [2.45, 2.75) is 25.8 Å². The van der Waals surface area contributed by atoms with E-state index in [0.717, 1.165) is 20.1 Å². The summed E-state index contributed by atoms with van der Waals surface area (Å²) in [5.74, 6) is 6.29. The maximum Gasteiger partial charge on any atom is 0.0721 e. The van der Waals surface area contributed by atoms with Crippen molar-refractivity contribution in [3.8, 4) is 0 Å². The number of benzene rings is 2. The normalized spacial score (nSPS) is 12.7. The van der Waals surface area contributed by atoms with E-state index in [2.05, 4.69) is 81.5 Å². The Bertz CT molecular complexity index is 580.